The van der Waals surface area contributed by atoms with Crippen LogP contribution in [0.4, 0.5) is 17.1 Å². The van der Waals surface area contributed by atoms with E-state index >= 15 is 0 Å². The van der Waals surface area contributed by atoms with Gasteiger partial charge in [0.1, 0.15) is 5.69 Å². The first-order valence-electron chi connectivity index (χ1n) is 8.04. The predicted octanol–water partition coefficient (Wildman–Crippen LogP) is 3.22. The van der Waals surface area contributed by atoms with Crippen molar-refractivity contribution in [3.05, 3.63) is 64.2 Å². The van der Waals surface area contributed by atoms with Gasteiger partial charge in [0.05, 0.1) is 18.1 Å². The van der Waals surface area contributed by atoms with Crippen LogP contribution in [0.1, 0.15) is 12.0 Å². The molecule has 0 saturated carbocycles. The SMILES string of the molecule is Nc1ccc([N+](=O)[O-])c(N2CCC(COCc3ccccc3)C2)c1. The van der Waals surface area contributed by atoms with Crippen LogP contribution >= 0.6 is 0 Å². The number of anilines is 2. The van der Waals surface area contributed by atoms with E-state index in [0.29, 0.717) is 30.5 Å². The molecule has 0 aromatic heterocycles. The molecule has 2 N–H and O–H groups in total. The van der Waals surface area contributed by atoms with E-state index < -0.39 is 0 Å². The summed E-state index contributed by atoms with van der Waals surface area (Å²) in [7, 11) is 0. The standard InChI is InChI=1S/C18H21N3O3/c19-16-6-7-17(21(22)23)18(10-16)20-9-8-15(11-20)13-24-12-14-4-2-1-3-5-14/h1-7,10,15H,8-9,11-13,19H2. The Morgan fingerprint density at radius 3 is 2.79 bits per heavy atom. The first-order valence-corrected chi connectivity index (χ1v) is 8.04. The molecule has 1 aliphatic rings. The Hall–Kier alpha value is -2.60. The van der Waals surface area contributed by atoms with Crippen LogP contribution in [-0.4, -0.2) is 24.6 Å². The summed E-state index contributed by atoms with van der Waals surface area (Å²) in [4.78, 5) is 12.9. The van der Waals surface area contributed by atoms with Crippen LogP contribution in [0.2, 0.25) is 0 Å². The molecule has 0 aliphatic carbocycles. The van der Waals surface area contributed by atoms with Crippen molar-refractivity contribution in [3.8, 4) is 0 Å². The number of nitrogen functional groups attached to an aromatic ring is 1. The molecule has 1 fully saturated rings. The molecule has 1 heterocycles. The molecule has 1 unspecified atom stereocenters. The van der Waals surface area contributed by atoms with Gasteiger partial charge in [0.15, 0.2) is 0 Å². The van der Waals surface area contributed by atoms with Crippen LogP contribution in [0.5, 0.6) is 0 Å². The zero-order chi connectivity index (χ0) is 16.9. The largest absolute Gasteiger partial charge is 0.399 e. The summed E-state index contributed by atoms with van der Waals surface area (Å²) < 4.78 is 5.80. The Labute approximate surface area is 141 Å². The normalized spacial score (nSPS) is 17.2. The summed E-state index contributed by atoms with van der Waals surface area (Å²) in [6.07, 6.45) is 0.959. The third-order valence-electron chi connectivity index (χ3n) is 4.29. The van der Waals surface area contributed by atoms with E-state index in [1.165, 1.54) is 6.07 Å². The van der Waals surface area contributed by atoms with Crippen LogP contribution in [0.3, 0.4) is 0 Å². The van der Waals surface area contributed by atoms with Gasteiger partial charge in [-0.05, 0) is 24.1 Å². The van der Waals surface area contributed by atoms with Crippen LogP contribution < -0.4 is 10.6 Å². The first kappa shape index (κ1) is 16.3. The van der Waals surface area contributed by atoms with Gasteiger partial charge in [0.25, 0.3) is 5.69 Å². The van der Waals surface area contributed by atoms with E-state index in [1.807, 2.05) is 35.2 Å². The Morgan fingerprint density at radius 1 is 1.25 bits per heavy atom. The van der Waals surface area contributed by atoms with Crippen molar-refractivity contribution in [2.75, 3.05) is 30.3 Å². The Kier molecular flexibility index (Phi) is 4.96. The summed E-state index contributed by atoms with van der Waals surface area (Å²) >= 11 is 0. The van der Waals surface area contributed by atoms with Gasteiger partial charge in [-0.1, -0.05) is 30.3 Å². The van der Waals surface area contributed by atoms with Gasteiger partial charge >= 0.3 is 0 Å². The summed E-state index contributed by atoms with van der Waals surface area (Å²) in [5, 5.41) is 11.2. The highest BCUT2D eigenvalue weighted by molar-refractivity contribution is 5.69. The molecule has 3 rings (SSSR count). The summed E-state index contributed by atoms with van der Waals surface area (Å²) in [5.74, 6) is 0.370. The number of rotatable bonds is 6. The molecule has 0 spiro atoms. The third kappa shape index (κ3) is 3.83. The lowest BCUT2D eigenvalue weighted by atomic mass is 10.1. The number of ether oxygens (including phenoxy) is 1. The molecule has 24 heavy (non-hydrogen) atoms. The Balaban J connectivity index is 1.57. The molecule has 0 amide bonds. The monoisotopic (exact) mass is 327 g/mol. The molecule has 0 bridgehead atoms. The number of nitrogens with two attached hydrogens (primary N) is 1. The minimum absolute atomic E-state index is 0.107. The first-order chi connectivity index (χ1) is 11.6. The molecule has 6 heteroatoms. The molecule has 0 radical (unpaired) electrons. The van der Waals surface area contributed by atoms with Crippen molar-refractivity contribution in [3.63, 3.8) is 0 Å². The molecule has 126 valence electrons. The van der Waals surface area contributed by atoms with Crippen molar-refractivity contribution in [2.45, 2.75) is 13.0 Å². The van der Waals surface area contributed by atoms with Crippen LogP contribution in [0, 0.1) is 16.0 Å². The van der Waals surface area contributed by atoms with Gasteiger partial charge in [-0.3, -0.25) is 10.1 Å². The van der Waals surface area contributed by atoms with Crippen molar-refractivity contribution in [1.29, 1.82) is 0 Å². The lowest BCUT2D eigenvalue weighted by Gasteiger charge is -2.19. The van der Waals surface area contributed by atoms with Crippen molar-refractivity contribution in [2.24, 2.45) is 5.92 Å². The molecule has 1 saturated heterocycles. The van der Waals surface area contributed by atoms with E-state index in [0.717, 1.165) is 25.1 Å². The van der Waals surface area contributed by atoms with Gasteiger partial charge in [-0.25, -0.2) is 0 Å². The highest BCUT2D eigenvalue weighted by Gasteiger charge is 2.27. The third-order valence-corrected chi connectivity index (χ3v) is 4.29. The van der Waals surface area contributed by atoms with E-state index in [4.69, 9.17) is 10.5 Å². The predicted molar refractivity (Wildman–Crippen MR) is 93.9 cm³/mol. The molecule has 1 aliphatic heterocycles. The topological polar surface area (TPSA) is 81.6 Å². The maximum Gasteiger partial charge on any atom is 0.292 e. The van der Waals surface area contributed by atoms with E-state index in [2.05, 4.69) is 0 Å². The maximum atomic E-state index is 11.2. The average molecular weight is 327 g/mol. The molecule has 2 aromatic rings. The van der Waals surface area contributed by atoms with Gasteiger partial charge in [0, 0.05) is 30.8 Å². The van der Waals surface area contributed by atoms with Crippen LogP contribution in [0.15, 0.2) is 48.5 Å². The van der Waals surface area contributed by atoms with Crippen LogP contribution in [-0.2, 0) is 11.3 Å². The Bertz CT molecular complexity index is 706. The lowest BCUT2D eigenvalue weighted by molar-refractivity contribution is -0.384. The second-order valence-electron chi connectivity index (χ2n) is 6.11. The fraction of sp³-hybridized carbons (Fsp3) is 0.333. The van der Waals surface area contributed by atoms with E-state index in [1.54, 1.807) is 12.1 Å². The highest BCUT2D eigenvalue weighted by atomic mass is 16.6. The summed E-state index contributed by atoms with van der Waals surface area (Å²) in [5.41, 5.74) is 8.20. The van der Waals surface area contributed by atoms with E-state index in [-0.39, 0.29) is 10.6 Å². The second-order valence-corrected chi connectivity index (χ2v) is 6.11. The number of benzene rings is 2. The van der Waals surface area contributed by atoms with Crippen molar-refractivity contribution in [1.82, 2.24) is 0 Å². The minimum Gasteiger partial charge on any atom is -0.399 e. The molecular weight excluding hydrogens is 306 g/mol. The number of hydrogen-bond acceptors (Lipinski definition) is 5. The summed E-state index contributed by atoms with van der Waals surface area (Å²) in [6, 6.07) is 14.8. The zero-order valence-electron chi connectivity index (χ0n) is 13.4. The van der Waals surface area contributed by atoms with Gasteiger partial charge in [-0.2, -0.15) is 0 Å². The van der Waals surface area contributed by atoms with Crippen molar-refractivity contribution < 1.29 is 9.66 Å². The minimum atomic E-state index is -0.353. The van der Waals surface area contributed by atoms with Gasteiger partial charge in [-0.15, -0.1) is 0 Å². The lowest BCUT2D eigenvalue weighted by Crippen LogP contribution is -2.22. The quantitative estimate of drug-likeness (QED) is 0.500. The van der Waals surface area contributed by atoms with Gasteiger partial charge in [0.2, 0.25) is 0 Å². The number of nitro benzene ring substituents is 1. The number of nitro groups is 1. The molecule has 1 atom stereocenters. The number of nitrogens with zero attached hydrogens (tertiary/aromatic N) is 2. The molecule has 6 nitrogen and oxygen atoms in total. The van der Waals surface area contributed by atoms with Crippen molar-refractivity contribution >= 4 is 17.1 Å². The molecule has 2 aromatic carbocycles. The number of hydrogen-bond donors (Lipinski definition) is 1. The smallest absolute Gasteiger partial charge is 0.292 e. The highest BCUT2D eigenvalue weighted by Crippen LogP contribution is 2.33. The average Bonchev–Trinajstić information content (AvgIpc) is 3.04. The summed E-state index contributed by atoms with van der Waals surface area (Å²) in [6.45, 7) is 2.78. The fourth-order valence-electron chi connectivity index (χ4n) is 3.05. The van der Waals surface area contributed by atoms with Gasteiger partial charge < -0.3 is 15.4 Å². The maximum absolute atomic E-state index is 11.2. The van der Waals surface area contributed by atoms with Crippen LogP contribution in [0.25, 0.3) is 0 Å². The second kappa shape index (κ2) is 7.31. The zero-order valence-corrected chi connectivity index (χ0v) is 13.4. The molecular formula is C18H21N3O3. The van der Waals surface area contributed by atoms with E-state index in [9.17, 15) is 10.1 Å². The Morgan fingerprint density at radius 2 is 2.04 bits per heavy atom. The fourth-order valence-corrected chi connectivity index (χ4v) is 3.05.